The Labute approximate surface area is 114 Å². The third-order valence-corrected chi connectivity index (χ3v) is 3.67. The zero-order valence-electron chi connectivity index (χ0n) is 11.2. The van der Waals surface area contributed by atoms with Crippen LogP contribution in [0.1, 0.15) is 30.5 Å². The van der Waals surface area contributed by atoms with Gasteiger partial charge in [-0.05, 0) is 54.2 Å². The van der Waals surface area contributed by atoms with E-state index in [0.29, 0.717) is 0 Å². The van der Waals surface area contributed by atoms with Crippen molar-refractivity contribution >= 4 is 0 Å². The van der Waals surface area contributed by atoms with Crippen LogP contribution in [0.2, 0.25) is 0 Å². The second kappa shape index (κ2) is 5.06. The van der Waals surface area contributed by atoms with Gasteiger partial charge < -0.3 is 10.5 Å². The van der Waals surface area contributed by atoms with Crippen molar-refractivity contribution in [2.45, 2.75) is 25.8 Å². The molecule has 0 aliphatic carbocycles. The van der Waals surface area contributed by atoms with E-state index in [9.17, 15) is 0 Å². The Morgan fingerprint density at radius 3 is 2.84 bits per heavy atom. The number of hydrogen-bond acceptors (Lipinski definition) is 2. The zero-order chi connectivity index (χ0) is 13.2. The lowest BCUT2D eigenvalue weighted by molar-refractivity contribution is 0.288. The first-order chi connectivity index (χ1) is 9.25. The predicted molar refractivity (Wildman–Crippen MR) is 78.3 cm³/mol. The van der Waals surface area contributed by atoms with E-state index in [2.05, 4.69) is 36.4 Å². The minimum Gasteiger partial charge on any atom is -0.493 e. The zero-order valence-corrected chi connectivity index (χ0v) is 11.2. The number of benzene rings is 2. The Bertz CT molecular complexity index is 590. The molecule has 0 saturated carbocycles. The van der Waals surface area contributed by atoms with Gasteiger partial charge in [-0.15, -0.1) is 0 Å². The summed E-state index contributed by atoms with van der Waals surface area (Å²) in [7, 11) is 0. The summed E-state index contributed by atoms with van der Waals surface area (Å²) < 4.78 is 5.67. The molecular formula is C17H19NO. The maximum absolute atomic E-state index is 6.06. The van der Waals surface area contributed by atoms with Gasteiger partial charge in [-0.2, -0.15) is 0 Å². The van der Waals surface area contributed by atoms with Crippen molar-refractivity contribution in [2.75, 3.05) is 6.61 Å². The Morgan fingerprint density at radius 2 is 2.00 bits per heavy atom. The highest BCUT2D eigenvalue weighted by molar-refractivity contribution is 5.69. The van der Waals surface area contributed by atoms with Gasteiger partial charge in [-0.1, -0.05) is 30.3 Å². The molecule has 0 saturated heterocycles. The van der Waals surface area contributed by atoms with E-state index in [4.69, 9.17) is 10.5 Å². The van der Waals surface area contributed by atoms with Crippen molar-refractivity contribution in [1.29, 1.82) is 0 Å². The number of ether oxygens (including phenoxy) is 1. The van der Waals surface area contributed by atoms with Crippen LogP contribution in [0.25, 0.3) is 11.1 Å². The minimum atomic E-state index is 0.0449. The van der Waals surface area contributed by atoms with Crippen molar-refractivity contribution in [3.63, 3.8) is 0 Å². The van der Waals surface area contributed by atoms with Crippen molar-refractivity contribution in [3.05, 3.63) is 53.6 Å². The van der Waals surface area contributed by atoms with E-state index in [1.54, 1.807) is 0 Å². The van der Waals surface area contributed by atoms with Crippen LogP contribution >= 0.6 is 0 Å². The van der Waals surface area contributed by atoms with Gasteiger partial charge in [-0.25, -0.2) is 0 Å². The van der Waals surface area contributed by atoms with Crippen LogP contribution in [0, 0.1) is 0 Å². The molecule has 1 atom stereocenters. The van der Waals surface area contributed by atoms with E-state index < -0.39 is 0 Å². The molecule has 2 aromatic carbocycles. The first kappa shape index (κ1) is 12.2. The molecule has 19 heavy (non-hydrogen) atoms. The smallest absolute Gasteiger partial charge is 0.122 e. The molecule has 3 rings (SSSR count). The first-order valence-corrected chi connectivity index (χ1v) is 6.86. The molecule has 1 heterocycles. The fourth-order valence-electron chi connectivity index (χ4n) is 2.68. The number of rotatable bonds is 2. The molecule has 0 amide bonds. The average Bonchev–Trinajstić information content (AvgIpc) is 2.46. The molecule has 98 valence electrons. The normalized spacial score (nSPS) is 15.5. The average molecular weight is 253 g/mol. The van der Waals surface area contributed by atoms with Gasteiger partial charge in [0.2, 0.25) is 0 Å². The van der Waals surface area contributed by atoms with Gasteiger partial charge in [0.05, 0.1) is 6.61 Å². The predicted octanol–water partition coefficient (Wildman–Crippen LogP) is 3.70. The molecule has 0 spiro atoms. The Balaban J connectivity index is 2.07. The fraction of sp³-hybridized carbons (Fsp3) is 0.294. The summed E-state index contributed by atoms with van der Waals surface area (Å²) >= 11 is 0. The van der Waals surface area contributed by atoms with Crippen molar-refractivity contribution in [3.8, 4) is 16.9 Å². The van der Waals surface area contributed by atoms with Gasteiger partial charge in [0, 0.05) is 6.04 Å². The summed E-state index contributed by atoms with van der Waals surface area (Å²) in [5, 5.41) is 0. The first-order valence-electron chi connectivity index (χ1n) is 6.86. The lowest BCUT2D eigenvalue weighted by Gasteiger charge is -2.19. The number of aryl methyl sites for hydroxylation is 1. The minimum absolute atomic E-state index is 0.0449. The second-order valence-corrected chi connectivity index (χ2v) is 5.15. The molecule has 0 aromatic heterocycles. The lowest BCUT2D eigenvalue weighted by Crippen LogP contribution is -2.09. The molecule has 2 nitrogen and oxygen atoms in total. The van der Waals surface area contributed by atoms with Crippen LogP contribution in [0.4, 0.5) is 0 Å². The largest absolute Gasteiger partial charge is 0.493 e. The molecule has 2 N–H and O–H groups in total. The summed E-state index contributed by atoms with van der Waals surface area (Å²) in [5.74, 6) is 1.04. The monoisotopic (exact) mass is 253 g/mol. The van der Waals surface area contributed by atoms with E-state index in [0.717, 1.165) is 25.2 Å². The van der Waals surface area contributed by atoms with Crippen LogP contribution in [-0.2, 0) is 6.42 Å². The maximum Gasteiger partial charge on any atom is 0.122 e. The van der Waals surface area contributed by atoms with Crippen LogP contribution < -0.4 is 10.5 Å². The fourth-order valence-corrected chi connectivity index (χ4v) is 2.68. The molecule has 1 unspecified atom stereocenters. The van der Waals surface area contributed by atoms with Crippen LogP contribution in [-0.4, -0.2) is 6.61 Å². The van der Waals surface area contributed by atoms with Crippen molar-refractivity contribution in [1.82, 2.24) is 0 Å². The van der Waals surface area contributed by atoms with E-state index in [1.807, 2.05) is 13.0 Å². The third-order valence-electron chi connectivity index (χ3n) is 3.67. The van der Waals surface area contributed by atoms with Crippen LogP contribution in [0.5, 0.6) is 5.75 Å². The van der Waals surface area contributed by atoms with Crippen molar-refractivity contribution < 1.29 is 4.74 Å². The number of hydrogen-bond donors (Lipinski definition) is 1. The second-order valence-electron chi connectivity index (χ2n) is 5.15. The van der Waals surface area contributed by atoms with E-state index in [1.165, 1.54) is 22.3 Å². The number of fused-ring (bicyclic) bond motifs is 1. The third kappa shape index (κ3) is 2.36. The molecule has 2 aromatic rings. The molecule has 1 aliphatic rings. The van der Waals surface area contributed by atoms with Gasteiger partial charge >= 0.3 is 0 Å². The van der Waals surface area contributed by atoms with E-state index >= 15 is 0 Å². The quantitative estimate of drug-likeness (QED) is 0.885. The molecule has 1 aliphatic heterocycles. The molecular weight excluding hydrogens is 234 g/mol. The van der Waals surface area contributed by atoms with Gasteiger partial charge in [0.15, 0.2) is 0 Å². The molecule has 0 radical (unpaired) electrons. The Morgan fingerprint density at radius 1 is 1.16 bits per heavy atom. The lowest BCUT2D eigenvalue weighted by atomic mass is 9.93. The Kier molecular flexibility index (Phi) is 3.26. The number of nitrogens with two attached hydrogens (primary N) is 1. The summed E-state index contributed by atoms with van der Waals surface area (Å²) in [6.45, 7) is 2.86. The topological polar surface area (TPSA) is 35.2 Å². The van der Waals surface area contributed by atoms with Gasteiger partial charge in [-0.3, -0.25) is 0 Å². The standard InChI is InChI=1S/C17H19NO/c1-12(18)15-6-2-3-7-16(15)13-8-9-17-14(11-13)5-4-10-19-17/h2-3,6-9,11-12H,4-5,10,18H2,1H3. The van der Waals surface area contributed by atoms with Crippen LogP contribution in [0.3, 0.4) is 0 Å². The highest BCUT2D eigenvalue weighted by atomic mass is 16.5. The van der Waals surface area contributed by atoms with Gasteiger partial charge in [0.25, 0.3) is 0 Å². The summed E-state index contributed by atoms with van der Waals surface area (Å²) in [6, 6.07) is 14.9. The Hall–Kier alpha value is -1.80. The molecule has 0 fully saturated rings. The van der Waals surface area contributed by atoms with Crippen molar-refractivity contribution in [2.24, 2.45) is 5.73 Å². The molecule has 0 bridgehead atoms. The maximum atomic E-state index is 6.06. The molecule has 2 heteroatoms. The van der Waals surface area contributed by atoms with Gasteiger partial charge in [0.1, 0.15) is 5.75 Å². The SMILES string of the molecule is CC(N)c1ccccc1-c1ccc2c(c1)CCCO2. The van der Waals surface area contributed by atoms with Crippen LogP contribution in [0.15, 0.2) is 42.5 Å². The summed E-state index contributed by atoms with van der Waals surface area (Å²) in [6.07, 6.45) is 2.20. The highest BCUT2D eigenvalue weighted by Crippen LogP contribution is 2.32. The van der Waals surface area contributed by atoms with E-state index in [-0.39, 0.29) is 6.04 Å². The summed E-state index contributed by atoms with van der Waals surface area (Å²) in [4.78, 5) is 0. The summed E-state index contributed by atoms with van der Waals surface area (Å²) in [5.41, 5.74) is 11.0. The highest BCUT2D eigenvalue weighted by Gasteiger charge is 2.13.